The highest BCUT2D eigenvalue weighted by Crippen LogP contribution is 2.48. The summed E-state index contributed by atoms with van der Waals surface area (Å²) in [7, 11) is 3.93. The molecule has 0 aliphatic carbocycles. The first-order chi connectivity index (χ1) is 11.7. The van der Waals surface area contributed by atoms with Gasteiger partial charge in [0.25, 0.3) is 0 Å². The van der Waals surface area contributed by atoms with Gasteiger partial charge in [-0.2, -0.15) is 0 Å². The molecule has 0 N–H and O–H groups in total. The molecule has 2 aliphatic rings. The largest absolute Gasteiger partial charge is 0.497 e. The van der Waals surface area contributed by atoms with E-state index in [-0.39, 0.29) is 6.10 Å². The summed E-state index contributed by atoms with van der Waals surface area (Å²) in [5, 5.41) is 0. The molecular formula is C20H23NO2S. The summed E-state index contributed by atoms with van der Waals surface area (Å²) in [4.78, 5) is 4.88. The molecule has 4 rings (SSSR count). The van der Waals surface area contributed by atoms with Crippen LogP contribution in [0.5, 0.6) is 11.5 Å². The number of likely N-dealkylation sites (tertiary alicyclic amines) is 1. The summed E-state index contributed by atoms with van der Waals surface area (Å²) in [5.41, 5.74) is 1.27. The van der Waals surface area contributed by atoms with Crippen LogP contribution in [0.2, 0.25) is 0 Å². The molecule has 126 valence electrons. The third-order valence-electron chi connectivity index (χ3n) is 5.04. The average molecular weight is 341 g/mol. The topological polar surface area (TPSA) is 21.7 Å². The third-order valence-corrected chi connectivity index (χ3v) is 6.19. The summed E-state index contributed by atoms with van der Waals surface area (Å²) in [6.45, 7) is 2.28. The van der Waals surface area contributed by atoms with Crippen molar-refractivity contribution < 1.29 is 9.47 Å². The summed E-state index contributed by atoms with van der Waals surface area (Å²) >= 11 is 1.80. The Kier molecular flexibility index (Phi) is 4.42. The first kappa shape index (κ1) is 15.9. The second-order valence-electron chi connectivity index (χ2n) is 6.63. The second-order valence-corrected chi connectivity index (χ2v) is 7.72. The van der Waals surface area contributed by atoms with Crippen molar-refractivity contribution >= 4 is 11.8 Å². The van der Waals surface area contributed by atoms with Gasteiger partial charge in [-0.15, -0.1) is 0 Å². The highest BCUT2D eigenvalue weighted by Gasteiger charge is 2.33. The maximum atomic E-state index is 6.56. The number of nitrogens with zero attached hydrogens (tertiary/aromatic N) is 1. The standard InChI is InChI=1S/C20H23NO2S/c1-21-11-9-14(10-12-21)20-16-13-15(22-2)7-8-18(16)24-19-6-4-3-5-17(19)23-20/h3-8,13-14,20H,9-12H2,1-2H3/t20-/m1/s1. The van der Waals surface area contributed by atoms with E-state index in [9.17, 15) is 0 Å². The average Bonchev–Trinajstić information content (AvgIpc) is 2.78. The van der Waals surface area contributed by atoms with Crippen LogP contribution in [-0.2, 0) is 0 Å². The molecule has 2 aliphatic heterocycles. The minimum atomic E-state index is 0.0972. The molecule has 0 aromatic heterocycles. The van der Waals surface area contributed by atoms with Crippen molar-refractivity contribution in [1.29, 1.82) is 0 Å². The van der Waals surface area contributed by atoms with Gasteiger partial charge in [-0.05, 0) is 63.3 Å². The van der Waals surface area contributed by atoms with E-state index in [2.05, 4.69) is 48.3 Å². The molecule has 24 heavy (non-hydrogen) atoms. The molecule has 1 fully saturated rings. The lowest BCUT2D eigenvalue weighted by Gasteiger charge is -2.34. The Balaban J connectivity index is 1.76. The first-order valence-corrected chi connectivity index (χ1v) is 9.36. The predicted octanol–water partition coefficient (Wildman–Crippen LogP) is 4.62. The molecule has 0 saturated carbocycles. The van der Waals surface area contributed by atoms with E-state index in [1.165, 1.54) is 28.2 Å². The van der Waals surface area contributed by atoms with Gasteiger partial charge in [0.15, 0.2) is 0 Å². The Labute approximate surface area is 148 Å². The molecule has 0 radical (unpaired) electrons. The second kappa shape index (κ2) is 6.69. The molecule has 2 heterocycles. The Bertz CT molecular complexity index is 725. The number of ether oxygens (including phenoxy) is 2. The van der Waals surface area contributed by atoms with Gasteiger partial charge in [-0.3, -0.25) is 0 Å². The maximum Gasteiger partial charge on any atom is 0.134 e. The summed E-state index contributed by atoms with van der Waals surface area (Å²) in [5.74, 6) is 2.45. The number of benzene rings is 2. The number of fused-ring (bicyclic) bond motifs is 2. The summed E-state index contributed by atoms with van der Waals surface area (Å²) < 4.78 is 12.0. The first-order valence-electron chi connectivity index (χ1n) is 8.54. The molecule has 1 atom stereocenters. The number of methoxy groups -OCH3 is 1. The fraction of sp³-hybridized carbons (Fsp3) is 0.400. The zero-order valence-electron chi connectivity index (χ0n) is 14.2. The van der Waals surface area contributed by atoms with Crippen LogP contribution in [0.4, 0.5) is 0 Å². The van der Waals surface area contributed by atoms with Crippen LogP contribution in [0, 0.1) is 5.92 Å². The predicted molar refractivity (Wildman–Crippen MR) is 97.1 cm³/mol. The molecule has 1 saturated heterocycles. The van der Waals surface area contributed by atoms with Crippen molar-refractivity contribution in [3.63, 3.8) is 0 Å². The molecule has 4 heteroatoms. The fourth-order valence-electron chi connectivity index (χ4n) is 3.60. The molecule has 0 amide bonds. The van der Waals surface area contributed by atoms with Gasteiger partial charge in [0.2, 0.25) is 0 Å². The quantitative estimate of drug-likeness (QED) is 0.794. The molecule has 3 nitrogen and oxygen atoms in total. The van der Waals surface area contributed by atoms with Gasteiger partial charge < -0.3 is 14.4 Å². The highest BCUT2D eigenvalue weighted by atomic mass is 32.2. The van der Waals surface area contributed by atoms with Crippen LogP contribution >= 0.6 is 11.8 Å². The SMILES string of the molecule is COc1ccc2c(c1)[C@@H](C1CCN(C)CC1)Oc1ccccc1S2. The van der Waals surface area contributed by atoms with Gasteiger partial charge in [0.1, 0.15) is 17.6 Å². The minimum Gasteiger partial charge on any atom is -0.497 e. The molecule has 2 aromatic rings. The van der Waals surface area contributed by atoms with Gasteiger partial charge in [0, 0.05) is 16.4 Å². The Morgan fingerprint density at radius 1 is 1.08 bits per heavy atom. The van der Waals surface area contributed by atoms with Crippen LogP contribution in [0.15, 0.2) is 52.3 Å². The molecule has 2 aromatic carbocycles. The van der Waals surface area contributed by atoms with Crippen LogP contribution in [-0.4, -0.2) is 32.1 Å². The van der Waals surface area contributed by atoms with Gasteiger partial charge in [0.05, 0.1) is 12.0 Å². The highest BCUT2D eigenvalue weighted by molar-refractivity contribution is 7.99. The normalized spacial score (nSPS) is 21.3. The van der Waals surface area contributed by atoms with Gasteiger partial charge in [-0.25, -0.2) is 0 Å². The van der Waals surface area contributed by atoms with E-state index >= 15 is 0 Å². The lowest BCUT2D eigenvalue weighted by atomic mass is 9.87. The van der Waals surface area contributed by atoms with E-state index in [1.54, 1.807) is 18.9 Å². The Hall–Kier alpha value is -1.65. The van der Waals surface area contributed by atoms with E-state index in [0.29, 0.717) is 5.92 Å². The number of para-hydroxylation sites is 1. The lowest BCUT2D eigenvalue weighted by Crippen LogP contribution is -2.34. The minimum absolute atomic E-state index is 0.0972. The Morgan fingerprint density at radius 2 is 1.88 bits per heavy atom. The molecule has 0 unspecified atom stereocenters. The monoisotopic (exact) mass is 341 g/mol. The third kappa shape index (κ3) is 3.01. The summed E-state index contributed by atoms with van der Waals surface area (Å²) in [6, 6.07) is 14.8. The van der Waals surface area contributed by atoms with Crippen LogP contribution < -0.4 is 9.47 Å². The number of hydrogen-bond acceptors (Lipinski definition) is 4. The van der Waals surface area contributed by atoms with Crippen molar-refractivity contribution in [2.24, 2.45) is 5.92 Å². The van der Waals surface area contributed by atoms with Crippen LogP contribution in [0.3, 0.4) is 0 Å². The maximum absolute atomic E-state index is 6.56. The number of piperidine rings is 1. The van der Waals surface area contributed by atoms with Crippen molar-refractivity contribution in [2.75, 3.05) is 27.2 Å². The zero-order chi connectivity index (χ0) is 16.5. The van der Waals surface area contributed by atoms with E-state index < -0.39 is 0 Å². The van der Waals surface area contributed by atoms with Crippen LogP contribution in [0.1, 0.15) is 24.5 Å². The molecular weight excluding hydrogens is 318 g/mol. The molecule has 0 bridgehead atoms. The van der Waals surface area contributed by atoms with Crippen LogP contribution in [0.25, 0.3) is 0 Å². The van der Waals surface area contributed by atoms with E-state index in [1.807, 2.05) is 6.07 Å². The van der Waals surface area contributed by atoms with Crippen molar-refractivity contribution in [3.05, 3.63) is 48.0 Å². The van der Waals surface area contributed by atoms with Crippen molar-refractivity contribution in [1.82, 2.24) is 4.90 Å². The van der Waals surface area contributed by atoms with Crippen molar-refractivity contribution in [3.8, 4) is 11.5 Å². The van der Waals surface area contributed by atoms with Gasteiger partial charge >= 0.3 is 0 Å². The number of rotatable bonds is 2. The summed E-state index contributed by atoms with van der Waals surface area (Å²) in [6.07, 6.45) is 2.44. The van der Waals surface area contributed by atoms with Gasteiger partial charge in [-0.1, -0.05) is 23.9 Å². The Morgan fingerprint density at radius 3 is 2.67 bits per heavy atom. The van der Waals surface area contributed by atoms with E-state index in [4.69, 9.17) is 9.47 Å². The lowest BCUT2D eigenvalue weighted by molar-refractivity contribution is 0.0817. The van der Waals surface area contributed by atoms with E-state index in [0.717, 1.165) is 24.6 Å². The zero-order valence-corrected chi connectivity index (χ0v) is 15.0. The molecule has 0 spiro atoms. The smallest absolute Gasteiger partial charge is 0.134 e. The fourth-order valence-corrected chi connectivity index (χ4v) is 4.63. The number of hydrogen-bond donors (Lipinski definition) is 0. The van der Waals surface area contributed by atoms with Crippen molar-refractivity contribution in [2.45, 2.75) is 28.7 Å².